The van der Waals surface area contributed by atoms with Crippen molar-refractivity contribution in [1.29, 1.82) is 0 Å². The number of nitrogens with one attached hydrogen (secondary N) is 2. The van der Waals surface area contributed by atoms with Gasteiger partial charge in [0.2, 0.25) is 12.7 Å². The van der Waals surface area contributed by atoms with Crippen LogP contribution in [0.5, 0.6) is 11.5 Å². The number of urea groups is 1. The Morgan fingerprint density at radius 3 is 2.59 bits per heavy atom. The van der Waals surface area contributed by atoms with Crippen molar-refractivity contribution in [3.05, 3.63) is 53.8 Å². The Morgan fingerprint density at radius 2 is 1.86 bits per heavy atom. The second kappa shape index (κ2) is 6.77. The van der Waals surface area contributed by atoms with E-state index in [-0.39, 0.29) is 6.79 Å². The average Bonchev–Trinajstić information content (AvgIpc) is 3.25. The molecule has 2 aromatic carbocycles. The van der Waals surface area contributed by atoms with Gasteiger partial charge in [-0.2, -0.15) is 0 Å². The summed E-state index contributed by atoms with van der Waals surface area (Å²) < 4.78 is 23.6. The molecule has 2 N–H and O–H groups in total. The topological polar surface area (TPSA) is 97.0 Å². The van der Waals surface area contributed by atoms with Crippen molar-refractivity contribution in [3.8, 4) is 11.5 Å². The molecule has 0 aromatic heterocycles. The van der Waals surface area contributed by atoms with E-state index in [1.165, 1.54) is 31.2 Å². The van der Waals surface area contributed by atoms with Crippen LogP contribution in [-0.2, 0) is 15.1 Å². The maximum Gasteiger partial charge on any atom is 0.326 e. The number of nitrogens with zero attached hydrogens (tertiary/aromatic N) is 1. The monoisotopic (exact) mass is 399 g/mol. The molecule has 0 bridgehead atoms. The van der Waals surface area contributed by atoms with Crippen LogP contribution in [0.1, 0.15) is 19.4 Å². The molecule has 2 heterocycles. The van der Waals surface area contributed by atoms with Gasteiger partial charge >= 0.3 is 6.03 Å². The molecule has 1 fully saturated rings. The lowest BCUT2D eigenvalue weighted by molar-refractivity contribution is -0.136. The van der Waals surface area contributed by atoms with Crippen LogP contribution in [0.2, 0.25) is 0 Å². The maximum absolute atomic E-state index is 13.1. The van der Waals surface area contributed by atoms with Crippen molar-refractivity contribution in [1.82, 2.24) is 10.2 Å². The fourth-order valence-electron chi connectivity index (χ4n) is 3.31. The van der Waals surface area contributed by atoms with E-state index in [1.54, 1.807) is 25.1 Å². The molecule has 2 aromatic rings. The van der Waals surface area contributed by atoms with Crippen LogP contribution in [0.3, 0.4) is 0 Å². The molecule has 8 nitrogen and oxygen atoms in total. The number of fused-ring (bicyclic) bond motifs is 1. The van der Waals surface area contributed by atoms with Crippen LogP contribution in [0, 0.1) is 5.82 Å². The Bertz CT molecular complexity index is 1010. The molecule has 4 rings (SSSR count). The largest absolute Gasteiger partial charge is 0.454 e. The van der Waals surface area contributed by atoms with Crippen LogP contribution < -0.4 is 20.1 Å². The van der Waals surface area contributed by atoms with Gasteiger partial charge in [0, 0.05) is 5.69 Å². The number of halogens is 1. The third kappa shape index (κ3) is 3.14. The minimum absolute atomic E-state index is 0.0858. The summed E-state index contributed by atoms with van der Waals surface area (Å²) in [6.45, 7) is 3.10. The third-order valence-electron chi connectivity index (χ3n) is 5.05. The first-order valence-electron chi connectivity index (χ1n) is 8.92. The first-order chi connectivity index (χ1) is 13.8. The Kier molecular flexibility index (Phi) is 4.37. The molecule has 2 atom stereocenters. The predicted octanol–water partition coefficient (Wildman–Crippen LogP) is 2.35. The van der Waals surface area contributed by atoms with E-state index in [2.05, 4.69) is 10.6 Å². The standard InChI is InChI=1S/C20H18FN3O5/c1-11(17(25)22-14-6-4-13(21)5-7-14)24-18(26)20(2,23-19(24)27)12-3-8-15-16(9-12)29-10-28-15/h3-9,11H,10H2,1-2H3,(H,22,25)(H,23,27)/t11-,20+/m0/s1. The van der Waals surface area contributed by atoms with Gasteiger partial charge in [0.25, 0.3) is 5.91 Å². The Balaban J connectivity index is 1.55. The van der Waals surface area contributed by atoms with Crippen molar-refractivity contribution < 1.29 is 28.2 Å². The Labute approximate surface area is 165 Å². The molecule has 0 aliphatic carbocycles. The number of carbonyl (C=O) groups excluding carboxylic acids is 3. The van der Waals surface area contributed by atoms with Crippen molar-refractivity contribution in [2.75, 3.05) is 12.1 Å². The molecule has 0 saturated carbocycles. The number of carbonyl (C=O) groups is 3. The van der Waals surface area contributed by atoms with Gasteiger partial charge in [-0.25, -0.2) is 14.1 Å². The van der Waals surface area contributed by atoms with E-state index in [0.717, 1.165) is 4.90 Å². The summed E-state index contributed by atoms with van der Waals surface area (Å²) in [5.41, 5.74) is -0.495. The normalized spacial score (nSPS) is 21.1. The molecule has 29 heavy (non-hydrogen) atoms. The van der Waals surface area contributed by atoms with Crippen LogP contribution in [0.4, 0.5) is 14.9 Å². The number of imide groups is 1. The van der Waals surface area contributed by atoms with Crippen molar-refractivity contribution in [3.63, 3.8) is 0 Å². The first-order valence-corrected chi connectivity index (χ1v) is 8.92. The van der Waals surface area contributed by atoms with E-state index in [4.69, 9.17) is 9.47 Å². The van der Waals surface area contributed by atoms with Crippen molar-refractivity contribution in [2.45, 2.75) is 25.4 Å². The Morgan fingerprint density at radius 1 is 1.17 bits per heavy atom. The quantitative estimate of drug-likeness (QED) is 0.770. The summed E-state index contributed by atoms with van der Waals surface area (Å²) in [6, 6.07) is 8.38. The molecule has 2 aliphatic rings. The molecule has 2 aliphatic heterocycles. The fourth-order valence-corrected chi connectivity index (χ4v) is 3.31. The highest BCUT2D eigenvalue weighted by Crippen LogP contribution is 2.38. The van der Waals surface area contributed by atoms with E-state index in [1.807, 2.05) is 0 Å². The zero-order chi connectivity index (χ0) is 20.8. The van der Waals surface area contributed by atoms with Crippen LogP contribution >= 0.6 is 0 Å². The number of hydrogen-bond donors (Lipinski definition) is 2. The second-order valence-electron chi connectivity index (χ2n) is 6.97. The van der Waals surface area contributed by atoms with Gasteiger partial charge in [-0.3, -0.25) is 9.59 Å². The minimum atomic E-state index is -1.36. The van der Waals surface area contributed by atoms with Crippen LogP contribution in [-0.4, -0.2) is 35.6 Å². The van der Waals surface area contributed by atoms with Gasteiger partial charge in [0.1, 0.15) is 17.4 Å². The Hall–Kier alpha value is -3.62. The molecular weight excluding hydrogens is 381 g/mol. The zero-order valence-corrected chi connectivity index (χ0v) is 15.7. The smallest absolute Gasteiger partial charge is 0.326 e. The van der Waals surface area contributed by atoms with Gasteiger partial charge < -0.3 is 20.1 Å². The number of hydrogen-bond acceptors (Lipinski definition) is 5. The lowest BCUT2D eigenvalue weighted by Crippen LogP contribution is -2.47. The molecule has 4 amide bonds. The summed E-state index contributed by atoms with van der Waals surface area (Å²) in [6.07, 6.45) is 0. The summed E-state index contributed by atoms with van der Waals surface area (Å²) in [5, 5.41) is 5.23. The molecule has 0 unspecified atom stereocenters. The maximum atomic E-state index is 13.1. The van der Waals surface area contributed by atoms with E-state index in [0.29, 0.717) is 22.7 Å². The van der Waals surface area contributed by atoms with Crippen LogP contribution in [0.25, 0.3) is 0 Å². The van der Waals surface area contributed by atoms with Gasteiger partial charge in [0.05, 0.1) is 0 Å². The highest BCUT2D eigenvalue weighted by molar-refractivity contribution is 6.11. The molecule has 150 valence electrons. The van der Waals surface area contributed by atoms with E-state index in [9.17, 15) is 18.8 Å². The number of ether oxygens (including phenoxy) is 2. The SMILES string of the molecule is C[C@@H](C(=O)Nc1ccc(F)cc1)N1C(=O)N[C@](C)(c2ccc3c(c2)OCO3)C1=O. The second-order valence-corrected chi connectivity index (χ2v) is 6.97. The summed E-state index contributed by atoms with van der Waals surface area (Å²) >= 11 is 0. The summed E-state index contributed by atoms with van der Waals surface area (Å²) in [4.78, 5) is 39.1. The third-order valence-corrected chi connectivity index (χ3v) is 5.05. The molecule has 0 radical (unpaired) electrons. The lowest BCUT2D eigenvalue weighted by Gasteiger charge is -2.24. The van der Waals surface area contributed by atoms with Crippen molar-refractivity contribution in [2.24, 2.45) is 0 Å². The summed E-state index contributed by atoms with van der Waals surface area (Å²) in [5.74, 6) is -0.549. The number of rotatable bonds is 4. The van der Waals surface area contributed by atoms with Gasteiger partial charge in [0.15, 0.2) is 11.5 Å². The highest BCUT2D eigenvalue weighted by atomic mass is 19.1. The molecular formula is C20H18FN3O5. The highest BCUT2D eigenvalue weighted by Gasteiger charge is 2.52. The number of benzene rings is 2. The van der Waals surface area contributed by atoms with Crippen molar-refractivity contribution >= 4 is 23.5 Å². The predicted molar refractivity (Wildman–Crippen MR) is 99.8 cm³/mol. The van der Waals surface area contributed by atoms with E-state index < -0.39 is 35.2 Å². The van der Waals surface area contributed by atoms with Crippen LogP contribution in [0.15, 0.2) is 42.5 Å². The van der Waals surface area contributed by atoms with Gasteiger partial charge in [-0.05, 0) is 55.8 Å². The first kappa shape index (κ1) is 18.7. The minimum Gasteiger partial charge on any atom is -0.454 e. The number of anilines is 1. The lowest BCUT2D eigenvalue weighted by atomic mass is 9.91. The fraction of sp³-hybridized carbons (Fsp3) is 0.250. The molecule has 9 heteroatoms. The number of amides is 4. The summed E-state index contributed by atoms with van der Waals surface area (Å²) in [7, 11) is 0. The average molecular weight is 399 g/mol. The molecule has 0 spiro atoms. The zero-order valence-electron chi connectivity index (χ0n) is 15.7. The molecule has 1 saturated heterocycles. The van der Waals surface area contributed by atoms with Gasteiger partial charge in [-0.15, -0.1) is 0 Å². The van der Waals surface area contributed by atoms with Gasteiger partial charge in [-0.1, -0.05) is 6.07 Å². The van der Waals surface area contributed by atoms with E-state index >= 15 is 0 Å².